The topological polar surface area (TPSA) is 30.5 Å². The lowest BCUT2D eigenvalue weighted by Gasteiger charge is -2.28. The maximum absolute atomic E-state index is 5.40. The molecule has 72 valence electrons. The number of methoxy groups -OCH3 is 1. The minimum absolute atomic E-state index is 0.315. The average molecular weight is 173 g/mol. The standard InChI is InChI=1S/C9H19NO2/c1-10-6-9(11-2)8-4-3-5-12-7-8/h8-10H,3-7H2,1-2H3. The van der Waals surface area contributed by atoms with Crippen LogP contribution in [0.15, 0.2) is 0 Å². The fourth-order valence-corrected chi connectivity index (χ4v) is 1.70. The molecule has 3 nitrogen and oxygen atoms in total. The lowest BCUT2D eigenvalue weighted by molar-refractivity contribution is -0.0268. The SMILES string of the molecule is CNCC(OC)C1CCCOC1. The normalized spacial score (nSPS) is 27.0. The van der Waals surface area contributed by atoms with E-state index < -0.39 is 0 Å². The van der Waals surface area contributed by atoms with E-state index in [2.05, 4.69) is 5.32 Å². The quantitative estimate of drug-likeness (QED) is 0.677. The Labute approximate surface area is 74.4 Å². The Morgan fingerprint density at radius 1 is 1.67 bits per heavy atom. The molecule has 12 heavy (non-hydrogen) atoms. The molecular weight excluding hydrogens is 154 g/mol. The first kappa shape index (κ1) is 9.96. The number of rotatable bonds is 4. The first-order chi connectivity index (χ1) is 5.88. The molecule has 1 aliphatic rings. The van der Waals surface area contributed by atoms with Crippen LogP contribution in [0.5, 0.6) is 0 Å². The van der Waals surface area contributed by atoms with Crippen molar-refractivity contribution in [1.29, 1.82) is 0 Å². The van der Waals surface area contributed by atoms with Gasteiger partial charge in [-0.25, -0.2) is 0 Å². The molecule has 1 heterocycles. The summed E-state index contributed by atoms with van der Waals surface area (Å²) in [6, 6.07) is 0. The smallest absolute Gasteiger partial charge is 0.0745 e. The maximum atomic E-state index is 5.40. The Hall–Kier alpha value is -0.120. The number of likely N-dealkylation sites (N-methyl/N-ethyl adjacent to an activating group) is 1. The summed E-state index contributed by atoms with van der Waals surface area (Å²) in [6.45, 7) is 2.71. The minimum Gasteiger partial charge on any atom is -0.381 e. The third-order valence-electron chi connectivity index (χ3n) is 2.43. The Morgan fingerprint density at radius 2 is 2.50 bits per heavy atom. The van der Waals surface area contributed by atoms with Gasteiger partial charge in [0.15, 0.2) is 0 Å². The lowest BCUT2D eigenvalue weighted by atomic mass is 9.96. The molecule has 1 N–H and O–H groups in total. The second kappa shape index (κ2) is 5.51. The molecule has 0 aromatic carbocycles. The third-order valence-corrected chi connectivity index (χ3v) is 2.43. The van der Waals surface area contributed by atoms with Gasteiger partial charge in [-0.3, -0.25) is 0 Å². The summed E-state index contributed by atoms with van der Waals surface area (Å²) in [5.74, 6) is 0.580. The van der Waals surface area contributed by atoms with Crippen molar-refractivity contribution in [2.75, 3.05) is 33.9 Å². The van der Waals surface area contributed by atoms with E-state index in [0.717, 1.165) is 19.8 Å². The summed E-state index contributed by atoms with van der Waals surface area (Å²) >= 11 is 0. The van der Waals surface area contributed by atoms with E-state index in [0.29, 0.717) is 12.0 Å². The number of hydrogen-bond donors (Lipinski definition) is 1. The van der Waals surface area contributed by atoms with Gasteiger partial charge >= 0.3 is 0 Å². The zero-order chi connectivity index (χ0) is 8.81. The second-order valence-corrected chi connectivity index (χ2v) is 3.31. The summed E-state index contributed by atoms with van der Waals surface area (Å²) in [6.07, 6.45) is 2.73. The van der Waals surface area contributed by atoms with Crippen LogP contribution >= 0.6 is 0 Å². The Morgan fingerprint density at radius 3 is 3.00 bits per heavy atom. The molecule has 0 spiro atoms. The van der Waals surface area contributed by atoms with Gasteiger partial charge in [-0.1, -0.05) is 0 Å². The van der Waals surface area contributed by atoms with Crippen LogP contribution in [-0.2, 0) is 9.47 Å². The number of ether oxygens (including phenoxy) is 2. The van der Waals surface area contributed by atoms with E-state index in [4.69, 9.17) is 9.47 Å². The molecule has 0 aliphatic carbocycles. The predicted molar refractivity (Wildman–Crippen MR) is 48.3 cm³/mol. The Kier molecular flexibility index (Phi) is 4.58. The lowest BCUT2D eigenvalue weighted by Crippen LogP contribution is -2.37. The minimum atomic E-state index is 0.315. The first-order valence-corrected chi connectivity index (χ1v) is 4.63. The van der Waals surface area contributed by atoms with Gasteiger partial charge in [0.25, 0.3) is 0 Å². The molecular formula is C9H19NO2. The van der Waals surface area contributed by atoms with E-state index in [1.165, 1.54) is 12.8 Å². The molecule has 0 amide bonds. The van der Waals surface area contributed by atoms with Gasteiger partial charge in [-0.05, 0) is 19.9 Å². The fourth-order valence-electron chi connectivity index (χ4n) is 1.70. The average Bonchev–Trinajstić information content (AvgIpc) is 2.15. The van der Waals surface area contributed by atoms with Crippen molar-refractivity contribution < 1.29 is 9.47 Å². The molecule has 1 fully saturated rings. The van der Waals surface area contributed by atoms with Gasteiger partial charge in [-0.2, -0.15) is 0 Å². The summed E-state index contributed by atoms with van der Waals surface area (Å²) in [4.78, 5) is 0. The maximum Gasteiger partial charge on any atom is 0.0745 e. The van der Waals surface area contributed by atoms with Crippen LogP contribution < -0.4 is 5.32 Å². The predicted octanol–water partition coefficient (Wildman–Crippen LogP) is 0.647. The molecule has 1 saturated heterocycles. The third kappa shape index (κ3) is 2.73. The fraction of sp³-hybridized carbons (Fsp3) is 1.00. The van der Waals surface area contributed by atoms with Crippen molar-refractivity contribution in [3.8, 4) is 0 Å². The van der Waals surface area contributed by atoms with Crippen molar-refractivity contribution in [3.63, 3.8) is 0 Å². The summed E-state index contributed by atoms with van der Waals surface area (Å²) in [5.41, 5.74) is 0. The van der Waals surface area contributed by atoms with Gasteiger partial charge in [0.05, 0.1) is 12.7 Å². The highest BCUT2D eigenvalue weighted by Crippen LogP contribution is 2.18. The van der Waals surface area contributed by atoms with Crippen LogP contribution in [0, 0.1) is 5.92 Å². The highest BCUT2D eigenvalue weighted by atomic mass is 16.5. The number of nitrogens with one attached hydrogen (secondary N) is 1. The van der Waals surface area contributed by atoms with Crippen LogP contribution in [0.2, 0.25) is 0 Å². The van der Waals surface area contributed by atoms with Crippen LogP contribution in [0.25, 0.3) is 0 Å². The molecule has 1 rings (SSSR count). The van der Waals surface area contributed by atoms with Gasteiger partial charge in [-0.15, -0.1) is 0 Å². The van der Waals surface area contributed by atoms with E-state index in [9.17, 15) is 0 Å². The van der Waals surface area contributed by atoms with Crippen molar-refractivity contribution in [3.05, 3.63) is 0 Å². The van der Waals surface area contributed by atoms with Crippen molar-refractivity contribution in [1.82, 2.24) is 5.32 Å². The Balaban J connectivity index is 2.29. The monoisotopic (exact) mass is 173 g/mol. The highest BCUT2D eigenvalue weighted by Gasteiger charge is 2.23. The van der Waals surface area contributed by atoms with Crippen LogP contribution in [0.1, 0.15) is 12.8 Å². The molecule has 0 saturated carbocycles. The van der Waals surface area contributed by atoms with Gasteiger partial charge in [0.2, 0.25) is 0 Å². The highest BCUT2D eigenvalue weighted by molar-refractivity contribution is 4.74. The largest absolute Gasteiger partial charge is 0.381 e. The molecule has 1 aliphatic heterocycles. The first-order valence-electron chi connectivity index (χ1n) is 4.63. The molecule has 0 radical (unpaired) electrons. The molecule has 3 heteroatoms. The molecule has 2 atom stereocenters. The molecule has 0 aromatic rings. The summed E-state index contributed by atoms with van der Waals surface area (Å²) in [5, 5.41) is 3.14. The van der Waals surface area contributed by atoms with Gasteiger partial charge < -0.3 is 14.8 Å². The summed E-state index contributed by atoms with van der Waals surface area (Å²) < 4.78 is 10.8. The number of hydrogen-bond acceptors (Lipinski definition) is 3. The van der Waals surface area contributed by atoms with Crippen LogP contribution in [0.3, 0.4) is 0 Å². The second-order valence-electron chi connectivity index (χ2n) is 3.31. The van der Waals surface area contributed by atoms with Crippen molar-refractivity contribution >= 4 is 0 Å². The van der Waals surface area contributed by atoms with E-state index in [-0.39, 0.29) is 0 Å². The van der Waals surface area contributed by atoms with Crippen molar-refractivity contribution in [2.45, 2.75) is 18.9 Å². The zero-order valence-electron chi connectivity index (χ0n) is 8.01. The van der Waals surface area contributed by atoms with Crippen LogP contribution in [-0.4, -0.2) is 40.0 Å². The van der Waals surface area contributed by atoms with Gasteiger partial charge in [0.1, 0.15) is 0 Å². The van der Waals surface area contributed by atoms with Gasteiger partial charge in [0, 0.05) is 26.2 Å². The van der Waals surface area contributed by atoms with E-state index in [1.54, 1.807) is 7.11 Å². The van der Waals surface area contributed by atoms with Crippen molar-refractivity contribution in [2.24, 2.45) is 5.92 Å². The Bertz CT molecular complexity index is 110. The van der Waals surface area contributed by atoms with E-state index in [1.807, 2.05) is 7.05 Å². The molecule has 2 unspecified atom stereocenters. The zero-order valence-corrected chi connectivity index (χ0v) is 8.01. The molecule has 0 aromatic heterocycles. The summed E-state index contributed by atoms with van der Waals surface area (Å²) in [7, 11) is 3.73. The van der Waals surface area contributed by atoms with E-state index >= 15 is 0 Å². The molecule has 0 bridgehead atoms. The van der Waals surface area contributed by atoms with Crippen LogP contribution in [0.4, 0.5) is 0 Å².